The first-order valence-corrected chi connectivity index (χ1v) is 7.06. The Morgan fingerprint density at radius 2 is 2.37 bits per heavy atom. The molecule has 0 radical (unpaired) electrons. The molecule has 3 rings (SSSR count). The Kier molecular flexibility index (Phi) is 4.62. The SMILES string of the molecule is CC1CN(Cc2coc(-c3cccs3)n2)CC1N.Cl. The van der Waals surface area contributed by atoms with Crippen LogP contribution in [0.5, 0.6) is 0 Å². The highest BCUT2D eigenvalue weighted by Crippen LogP contribution is 2.24. The third-order valence-corrected chi connectivity index (χ3v) is 4.27. The van der Waals surface area contributed by atoms with Crippen molar-refractivity contribution in [3.8, 4) is 10.8 Å². The second kappa shape index (κ2) is 6.05. The lowest BCUT2D eigenvalue weighted by atomic mass is 10.1. The molecule has 4 nitrogen and oxygen atoms in total. The summed E-state index contributed by atoms with van der Waals surface area (Å²) in [4.78, 5) is 7.94. The summed E-state index contributed by atoms with van der Waals surface area (Å²) in [7, 11) is 0. The maximum Gasteiger partial charge on any atom is 0.236 e. The van der Waals surface area contributed by atoms with E-state index >= 15 is 0 Å². The summed E-state index contributed by atoms with van der Waals surface area (Å²) in [5.74, 6) is 1.28. The van der Waals surface area contributed by atoms with E-state index in [1.807, 2.05) is 17.5 Å². The van der Waals surface area contributed by atoms with E-state index in [-0.39, 0.29) is 18.4 Å². The number of rotatable bonds is 3. The van der Waals surface area contributed by atoms with Gasteiger partial charge in [-0.2, -0.15) is 0 Å². The van der Waals surface area contributed by atoms with Crippen molar-refractivity contribution in [1.29, 1.82) is 0 Å². The van der Waals surface area contributed by atoms with Crippen molar-refractivity contribution in [2.75, 3.05) is 13.1 Å². The average molecular weight is 300 g/mol. The molecule has 3 heterocycles. The highest BCUT2D eigenvalue weighted by molar-refractivity contribution is 7.13. The first kappa shape index (κ1) is 14.5. The van der Waals surface area contributed by atoms with E-state index in [0.717, 1.165) is 36.1 Å². The van der Waals surface area contributed by atoms with Crippen molar-refractivity contribution in [1.82, 2.24) is 9.88 Å². The summed E-state index contributed by atoms with van der Waals surface area (Å²) in [6.07, 6.45) is 1.75. The molecule has 0 spiro atoms. The van der Waals surface area contributed by atoms with E-state index < -0.39 is 0 Å². The van der Waals surface area contributed by atoms with Gasteiger partial charge < -0.3 is 10.2 Å². The summed E-state index contributed by atoms with van der Waals surface area (Å²) >= 11 is 1.64. The van der Waals surface area contributed by atoms with E-state index in [4.69, 9.17) is 10.2 Å². The van der Waals surface area contributed by atoms with Crippen LogP contribution in [0.25, 0.3) is 10.8 Å². The molecule has 0 saturated carbocycles. The Labute approximate surface area is 123 Å². The van der Waals surface area contributed by atoms with Gasteiger partial charge in [-0.05, 0) is 17.4 Å². The van der Waals surface area contributed by atoms with Gasteiger partial charge in [0, 0.05) is 25.7 Å². The maximum atomic E-state index is 6.02. The summed E-state index contributed by atoms with van der Waals surface area (Å²) in [6.45, 7) is 5.02. The van der Waals surface area contributed by atoms with Gasteiger partial charge in [0.1, 0.15) is 6.26 Å². The smallest absolute Gasteiger partial charge is 0.236 e. The molecule has 1 aliphatic heterocycles. The minimum atomic E-state index is 0. The summed E-state index contributed by atoms with van der Waals surface area (Å²) in [6, 6.07) is 4.31. The van der Waals surface area contributed by atoms with E-state index in [9.17, 15) is 0 Å². The van der Waals surface area contributed by atoms with Crippen LogP contribution >= 0.6 is 23.7 Å². The maximum absolute atomic E-state index is 6.02. The van der Waals surface area contributed by atoms with Crippen molar-refractivity contribution in [3.05, 3.63) is 29.5 Å². The van der Waals surface area contributed by atoms with Gasteiger partial charge in [0.15, 0.2) is 0 Å². The van der Waals surface area contributed by atoms with Gasteiger partial charge in [-0.1, -0.05) is 13.0 Å². The summed E-state index contributed by atoms with van der Waals surface area (Å²) in [5.41, 5.74) is 7.01. The number of thiophene rings is 1. The second-order valence-electron chi connectivity index (χ2n) is 4.96. The number of nitrogens with zero attached hydrogens (tertiary/aromatic N) is 2. The average Bonchev–Trinajstić information content (AvgIpc) is 3.02. The minimum Gasteiger partial charge on any atom is -0.444 e. The number of hydrogen-bond acceptors (Lipinski definition) is 5. The Morgan fingerprint density at radius 3 is 3.00 bits per heavy atom. The number of oxazole rings is 1. The fourth-order valence-corrected chi connectivity index (χ4v) is 3.00. The number of nitrogens with two attached hydrogens (primary N) is 1. The van der Waals surface area contributed by atoms with Crippen LogP contribution in [0.3, 0.4) is 0 Å². The molecule has 2 N–H and O–H groups in total. The number of halogens is 1. The van der Waals surface area contributed by atoms with Gasteiger partial charge in [-0.15, -0.1) is 23.7 Å². The van der Waals surface area contributed by atoms with Gasteiger partial charge in [0.25, 0.3) is 0 Å². The molecule has 0 aliphatic carbocycles. The van der Waals surface area contributed by atoms with Crippen molar-refractivity contribution in [2.45, 2.75) is 19.5 Å². The van der Waals surface area contributed by atoms with Crippen molar-refractivity contribution in [3.63, 3.8) is 0 Å². The van der Waals surface area contributed by atoms with Gasteiger partial charge in [0.2, 0.25) is 5.89 Å². The third kappa shape index (κ3) is 3.17. The molecule has 0 aromatic carbocycles. The van der Waals surface area contributed by atoms with Gasteiger partial charge in [-0.25, -0.2) is 4.98 Å². The lowest BCUT2D eigenvalue weighted by Crippen LogP contribution is -2.28. The molecular weight excluding hydrogens is 282 g/mol. The topological polar surface area (TPSA) is 55.3 Å². The molecule has 1 fully saturated rings. The molecule has 6 heteroatoms. The second-order valence-corrected chi connectivity index (χ2v) is 5.90. The number of hydrogen-bond donors (Lipinski definition) is 1. The largest absolute Gasteiger partial charge is 0.444 e. The van der Waals surface area contributed by atoms with Crippen LogP contribution in [0.4, 0.5) is 0 Å². The zero-order valence-corrected chi connectivity index (χ0v) is 12.4. The Hall–Kier alpha value is -0.880. The molecule has 2 atom stereocenters. The van der Waals surface area contributed by atoms with E-state index in [0.29, 0.717) is 5.92 Å². The lowest BCUT2D eigenvalue weighted by Gasteiger charge is -2.12. The van der Waals surface area contributed by atoms with Crippen molar-refractivity contribution >= 4 is 23.7 Å². The Bertz CT molecular complexity index is 504. The fourth-order valence-electron chi connectivity index (χ4n) is 2.35. The predicted octanol–water partition coefficient (Wildman–Crippen LogP) is 2.60. The molecule has 0 bridgehead atoms. The molecule has 1 saturated heterocycles. The monoisotopic (exact) mass is 299 g/mol. The molecule has 19 heavy (non-hydrogen) atoms. The predicted molar refractivity (Wildman–Crippen MR) is 79.5 cm³/mol. The van der Waals surface area contributed by atoms with E-state index in [2.05, 4.69) is 16.8 Å². The van der Waals surface area contributed by atoms with Crippen molar-refractivity contribution < 1.29 is 4.42 Å². The van der Waals surface area contributed by atoms with Crippen LogP contribution in [-0.2, 0) is 6.54 Å². The molecule has 104 valence electrons. The van der Waals surface area contributed by atoms with Crippen LogP contribution in [0, 0.1) is 5.92 Å². The summed E-state index contributed by atoms with van der Waals surface area (Å²) < 4.78 is 5.51. The highest BCUT2D eigenvalue weighted by atomic mass is 35.5. The molecule has 2 unspecified atom stereocenters. The minimum absolute atomic E-state index is 0. The highest BCUT2D eigenvalue weighted by Gasteiger charge is 2.27. The first-order chi connectivity index (χ1) is 8.72. The van der Waals surface area contributed by atoms with Crippen LogP contribution in [-0.4, -0.2) is 29.0 Å². The normalized spacial score (nSPS) is 23.5. The first-order valence-electron chi connectivity index (χ1n) is 6.18. The van der Waals surface area contributed by atoms with Crippen LogP contribution in [0.15, 0.2) is 28.2 Å². The lowest BCUT2D eigenvalue weighted by molar-refractivity contribution is 0.314. The fraction of sp³-hybridized carbons (Fsp3) is 0.462. The molecular formula is C13H18ClN3OS. The van der Waals surface area contributed by atoms with Crippen LogP contribution < -0.4 is 5.73 Å². The standard InChI is InChI=1S/C13H17N3OS.ClH/c1-9-5-16(7-11(9)14)6-10-8-17-13(15-10)12-3-2-4-18-12;/h2-4,8-9,11H,5-7,14H2,1H3;1H. The Balaban J connectivity index is 0.00000133. The van der Waals surface area contributed by atoms with Gasteiger partial charge >= 0.3 is 0 Å². The molecule has 1 aliphatic rings. The van der Waals surface area contributed by atoms with Gasteiger partial charge in [0.05, 0.1) is 10.6 Å². The molecule has 0 amide bonds. The van der Waals surface area contributed by atoms with Gasteiger partial charge in [-0.3, -0.25) is 4.90 Å². The quantitative estimate of drug-likeness (QED) is 0.946. The van der Waals surface area contributed by atoms with Crippen LogP contribution in [0.1, 0.15) is 12.6 Å². The zero-order chi connectivity index (χ0) is 12.5. The van der Waals surface area contributed by atoms with E-state index in [1.54, 1.807) is 17.6 Å². The summed E-state index contributed by atoms with van der Waals surface area (Å²) in [5, 5.41) is 2.03. The third-order valence-electron chi connectivity index (χ3n) is 3.42. The van der Waals surface area contributed by atoms with Crippen LogP contribution in [0.2, 0.25) is 0 Å². The van der Waals surface area contributed by atoms with E-state index in [1.165, 1.54) is 0 Å². The van der Waals surface area contributed by atoms with Crippen molar-refractivity contribution in [2.24, 2.45) is 11.7 Å². The molecule has 2 aromatic heterocycles. The number of likely N-dealkylation sites (tertiary alicyclic amines) is 1. The number of aromatic nitrogens is 1. The molecule has 2 aromatic rings. The Morgan fingerprint density at radius 1 is 1.53 bits per heavy atom. The zero-order valence-electron chi connectivity index (χ0n) is 10.8.